The fourth-order valence-electron chi connectivity index (χ4n) is 1.78. The summed E-state index contributed by atoms with van der Waals surface area (Å²) < 4.78 is 5.57. The van der Waals surface area contributed by atoms with Crippen LogP contribution in [0.3, 0.4) is 0 Å². The van der Waals surface area contributed by atoms with Crippen molar-refractivity contribution in [2.24, 2.45) is 0 Å². The summed E-state index contributed by atoms with van der Waals surface area (Å²) >= 11 is 0. The average molecular weight is 257 g/mol. The Morgan fingerprint density at radius 3 is 2.47 bits per heavy atom. The summed E-state index contributed by atoms with van der Waals surface area (Å²) in [4.78, 5) is 8.71. The Hall–Kier alpha value is -2.10. The molecule has 4 nitrogen and oxygen atoms in total. The van der Waals surface area contributed by atoms with Gasteiger partial charge in [-0.25, -0.2) is 4.98 Å². The van der Waals surface area contributed by atoms with E-state index in [1.54, 1.807) is 12.4 Å². The molecule has 0 amide bonds. The van der Waals surface area contributed by atoms with Crippen LogP contribution in [0.25, 0.3) is 11.3 Å². The predicted molar refractivity (Wildman–Crippen MR) is 77.4 cm³/mol. The third kappa shape index (κ3) is 3.44. The van der Waals surface area contributed by atoms with E-state index in [0.29, 0.717) is 0 Å². The first-order valence-electron chi connectivity index (χ1n) is 6.63. The van der Waals surface area contributed by atoms with E-state index >= 15 is 0 Å². The zero-order chi connectivity index (χ0) is 13.5. The smallest absolute Gasteiger partial charge is 0.152 e. The molecule has 19 heavy (non-hydrogen) atoms. The number of hydrogen-bond acceptors (Lipinski definition) is 4. The lowest BCUT2D eigenvalue weighted by atomic mass is 10.1. The molecule has 1 aromatic carbocycles. The Labute approximate surface area is 113 Å². The van der Waals surface area contributed by atoms with Gasteiger partial charge in [0.05, 0.1) is 6.61 Å². The zero-order valence-corrected chi connectivity index (χ0v) is 11.4. The van der Waals surface area contributed by atoms with Crippen molar-refractivity contribution >= 4 is 5.82 Å². The maximum Gasteiger partial charge on any atom is 0.152 e. The minimum Gasteiger partial charge on any atom is -0.494 e. The van der Waals surface area contributed by atoms with Gasteiger partial charge >= 0.3 is 0 Å². The van der Waals surface area contributed by atoms with Crippen molar-refractivity contribution in [1.82, 2.24) is 9.97 Å². The highest BCUT2D eigenvalue weighted by molar-refractivity contribution is 5.71. The minimum absolute atomic E-state index is 0.743. The first-order chi connectivity index (χ1) is 9.35. The van der Waals surface area contributed by atoms with Crippen LogP contribution in [0.5, 0.6) is 5.75 Å². The maximum absolute atomic E-state index is 5.57. The monoisotopic (exact) mass is 257 g/mol. The van der Waals surface area contributed by atoms with Gasteiger partial charge in [-0.1, -0.05) is 6.92 Å². The molecule has 0 saturated carbocycles. The summed E-state index contributed by atoms with van der Waals surface area (Å²) in [6, 6.07) is 7.95. The van der Waals surface area contributed by atoms with Gasteiger partial charge in [0.2, 0.25) is 0 Å². The first kappa shape index (κ1) is 13.3. The molecule has 100 valence electrons. The molecule has 0 aliphatic rings. The summed E-state index contributed by atoms with van der Waals surface area (Å²) in [6.07, 6.45) is 4.41. The van der Waals surface area contributed by atoms with Crippen LogP contribution in [0, 0.1) is 0 Å². The van der Waals surface area contributed by atoms with Crippen LogP contribution >= 0.6 is 0 Å². The fourth-order valence-corrected chi connectivity index (χ4v) is 1.78. The van der Waals surface area contributed by atoms with Crippen LogP contribution in [0.4, 0.5) is 5.82 Å². The third-order valence-electron chi connectivity index (χ3n) is 2.64. The van der Waals surface area contributed by atoms with Crippen molar-refractivity contribution in [3.63, 3.8) is 0 Å². The Kier molecular flexibility index (Phi) is 4.72. The van der Waals surface area contributed by atoms with Gasteiger partial charge in [-0.05, 0) is 37.6 Å². The zero-order valence-electron chi connectivity index (χ0n) is 11.4. The Balaban J connectivity index is 2.22. The number of ether oxygens (including phenoxy) is 1. The molecule has 2 aromatic rings. The highest BCUT2D eigenvalue weighted by Gasteiger charge is 2.06. The van der Waals surface area contributed by atoms with E-state index in [4.69, 9.17) is 4.74 Å². The summed E-state index contributed by atoms with van der Waals surface area (Å²) in [5.41, 5.74) is 1.90. The van der Waals surface area contributed by atoms with Gasteiger partial charge in [0.25, 0.3) is 0 Å². The molecule has 1 heterocycles. The van der Waals surface area contributed by atoms with Crippen LogP contribution < -0.4 is 10.1 Å². The number of aromatic nitrogens is 2. The molecule has 1 N–H and O–H groups in total. The Morgan fingerprint density at radius 2 is 1.79 bits per heavy atom. The summed E-state index contributed by atoms with van der Waals surface area (Å²) in [5.74, 6) is 1.70. The van der Waals surface area contributed by atoms with Gasteiger partial charge in [0.1, 0.15) is 11.4 Å². The van der Waals surface area contributed by atoms with Gasteiger partial charge in [-0.2, -0.15) is 0 Å². The lowest BCUT2D eigenvalue weighted by Crippen LogP contribution is -2.02. The van der Waals surface area contributed by atoms with Gasteiger partial charge in [0.15, 0.2) is 5.82 Å². The second-order valence-electron chi connectivity index (χ2n) is 4.16. The molecule has 2 rings (SSSR count). The van der Waals surface area contributed by atoms with Crippen LogP contribution in [-0.4, -0.2) is 23.1 Å². The summed E-state index contributed by atoms with van der Waals surface area (Å²) in [7, 11) is 0. The van der Waals surface area contributed by atoms with E-state index in [0.717, 1.165) is 42.4 Å². The van der Waals surface area contributed by atoms with Crippen LogP contribution in [0.2, 0.25) is 0 Å². The normalized spacial score (nSPS) is 10.2. The molecule has 0 fully saturated rings. The third-order valence-corrected chi connectivity index (χ3v) is 2.64. The van der Waals surface area contributed by atoms with Gasteiger partial charge in [-0.15, -0.1) is 0 Å². The summed E-state index contributed by atoms with van der Waals surface area (Å²) in [6.45, 7) is 5.70. The van der Waals surface area contributed by atoms with Crippen molar-refractivity contribution in [2.45, 2.75) is 20.3 Å². The Morgan fingerprint density at radius 1 is 1.05 bits per heavy atom. The van der Waals surface area contributed by atoms with Crippen molar-refractivity contribution in [3.05, 3.63) is 36.7 Å². The van der Waals surface area contributed by atoms with Crippen LogP contribution in [0.15, 0.2) is 36.7 Å². The highest BCUT2D eigenvalue weighted by Crippen LogP contribution is 2.25. The van der Waals surface area contributed by atoms with Crippen molar-refractivity contribution in [2.75, 3.05) is 18.5 Å². The molecular weight excluding hydrogens is 238 g/mol. The second-order valence-corrected chi connectivity index (χ2v) is 4.16. The number of hydrogen-bond donors (Lipinski definition) is 1. The number of nitrogens with zero attached hydrogens (tertiary/aromatic N) is 2. The minimum atomic E-state index is 0.743. The molecule has 1 aromatic heterocycles. The van der Waals surface area contributed by atoms with Crippen molar-refractivity contribution in [3.8, 4) is 17.0 Å². The molecule has 0 radical (unpaired) electrons. The lowest BCUT2D eigenvalue weighted by molar-refractivity contribution is 0.317. The van der Waals surface area contributed by atoms with E-state index < -0.39 is 0 Å². The van der Waals surface area contributed by atoms with E-state index in [9.17, 15) is 0 Å². The first-order valence-corrected chi connectivity index (χ1v) is 6.63. The van der Waals surface area contributed by atoms with E-state index in [1.165, 1.54) is 0 Å². The van der Waals surface area contributed by atoms with Gasteiger partial charge in [-0.3, -0.25) is 4.98 Å². The molecule has 0 spiro atoms. The fraction of sp³-hybridized carbons (Fsp3) is 0.333. The molecule has 0 atom stereocenters. The van der Waals surface area contributed by atoms with Gasteiger partial charge in [0, 0.05) is 24.5 Å². The van der Waals surface area contributed by atoms with E-state index in [1.807, 2.05) is 31.2 Å². The van der Waals surface area contributed by atoms with Crippen molar-refractivity contribution < 1.29 is 4.74 Å². The van der Waals surface area contributed by atoms with Crippen LogP contribution in [-0.2, 0) is 0 Å². The number of rotatable bonds is 6. The van der Waals surface area contributed by atoms with E-state index in [2.05, 4.69) is 22.2 Å². The molecule has 4 heteroatoms. The quantitative estimate of drug-likeness (QED) is 0.862. The average Bonchev–Trinajstić information content (AvgIpc) is 2.47. The molecule has 0 unspecified atom stereocenters. The molecule has 0 bridgehead atoms. The Bertz CT molecular complexity index is 511. The second kappa shape index (κ2) is 6.73. The van der Waals surface area contributed by atoms with Crippen molar-refractivity contribution in [1.29, 1.82) is 0 Å². The summed E-state index contributed by atoms with van der Waals surface area (Å²) in [5, 5.41) is 3.22. The predicted octanol–water partition coefficient (Wildman–Crippen LogP) is 3.36. The number of nitrogens with one attached hydrogen (secondary N) is 1. The van der Waals surface area contributed by atoms with Crippen LogP contribution in [0.1, 0.15) is 20.3 Å². The SMILES string of the molecule is CCCOc1ccc(-c2nccnc2NCC)cc1. The largest absolute Gasteiger partial charge is 0.494 e. The lowest BCUT2D eigenvalue weighted by Gasteiger charge is -2.09. The topological polar surface area (TPSA) is 47.0 Å². The number of benzene rings is 1. The standard InChI is InChI=1S/C15H19N3O/c1-3-11-19-13-7-5-12(6-8-13)14-15(16-4-2)18-10-9-17-14/h5-10H,3-4,11H2,1-2H3,(H,16,18). The highest BCUT2D eigenvalue weighted by atomic mass is 16.5. The molecule has 0 aliphatic heterocycles. The van der Waals surface area contributed by atoms with E-state index in [-0.39, 0.29) is 0 Å². The number of anilines is 1. The van der Waals surface area contributed by atoms with Gasteiger partial charge < -0.3 is 10.1 Å². The molecule has 0 saturated heterocycles. The maximum atomic E-state index is 5.57. The molecule has 0 aliphatic carbocycles. The molecular formula is C15H19N3O.